The molecule has 2 aliphatic rings. The molecule has 0 atom stereocenters. The van der Waals surface area contributed by atoms with Crippen molar-refractivity contribution in [3.63, 3.8) is 0 Å². The Hall–Kier alpha value is -6.52. The van der Waals surface area contributed by atoms with Crippen molar-refractivity contribution in [2.45, 2.75) is 53.4 Å². The third-order valence-electron chi connectivity index (χ3n) is 12.3. The van der Waals surface area contributed by atoms with Gasteiger partial charge in [0.1, 0.15) is 11.6 Å². The van der Waals surface area contributed by atoms with Gasteiger partial charge in [0, 0.05) is 39.8 Å². The molecule has 0 aliphatic heterocycles. The summed E-state index contributed by atoms with van der Waals surface area (Å²) in [4.78, 5) is 9.90. The quantitative estimate of drug-likeness (QED) is 0.181. The fourth-order valence-corrected chi connectivity index (χ4v) is 9.37. The van der Waals surface area contributed by atoms with Crippen LogP contribution in [0.1, 0.15) is 56.6 Å². The van der Waals surface area contributed by atoms with Crippen LogP contribution in [-0.2, 0) is 19.3 Å². The number of nitrogens with zero attached hydrogens (tertiary/aromatic N) is 4. The number of allylic oxidation sites excluding steroid dienone is 1. The molecule has 0 saturated carbocycles. The van der Waals surface area contributed by atoms with Gasteiger partial charge in [-0.2, -0.15) is 0 Å². The van der Waals surface area contributed by atoms with E-state index in [1.807, 2.05) is 12.4 Å². The molecule has 0 fully saturated rings. The van der Waals surface area contributed by atoms with E-state index in [1.165, 1.54) is 111 Å². The van der Waals surface area contributed by atoms with Crippen molar-refractivity contribution in [3.05, 3.63) is 178 Å². The van der Waals surface area contributed by atoms with E-state index in [2.05, 4.69) is 158 Å². The molecule has 0 saturated heterocycles. The number of aromatic nitrogens is 4. The van der Waals surface area contributed by atoms with Crippen LogP contribution in [0.4, 0.5) is 0 Å². The van der Waals surface area contributed by atoms with Gasteiger partial charge in [-0.1, -0.05) is 65.7 Å². The zero-order chi connectivity index (χ0) is 37.7. The Balaban J connectivity index is 1.15. The summed E-state index contributed by atoms with van der Waals surface area (Å²) >= 11 is 0. The van der Waals surface area contributed by atoms with Gasteiger partial charge < -0.3 is 0 Å². The first-order valence-corrected chi connectivity index (χ1v) is 19.9. The summed E-state index contributed by atoms with van der Waals surface area (Å²) in [6.07, 6.45) is 10.3. The molecule has 0 unspecified atom stereocenters. The highest BCUT2D eigenvalue weighted by atomic mass is 15.1. The Morgan fingerprint density at radius 2 is 0.982 bits per heavy atom. The van der Waals surface area contributed by atoms with Crippen molar-refractivity contribution >= 4 is 44.4 Å². The predicted octanol–water partition coefficient (Wildman–Crippen LogP) is 12.7. The molecular weight excluding hydrogens is 681 g/mol. The first-order valence-electron chi connectivity index (χ1n) is 19.9. The highest BCUT2D eigenvalue weighted by Crippen LogP contribution is 2.45. The van der Waals surface area contributed by atoms with E-state index < -0.39 is 0 Å². The van der Waals surface area contributed by atoms with Gasteiger partial charge in [0.25, 0.3) is 0 Å². The second-order valence-corrected chi connectivity index (χ2v) is 16.1. The maximum atomic E-state index is 4.97. The molecule has 0 N–H and O–H groups in total. The summed E-state index contributed by atoms with van der Waals surface area (Å²) in [6.45, 7) is 8.61. The topological polar surface area (TPSA) is 35.6 Å². The molecule has 9 aromatic rings. The van der Waals surface area contributed by atoms with E-state index in [1.54, 1.807) is 0 Å². The van der Waals surface area contributed by atoms with Gasteiger partial charge in [0.05, 0.1) is 16.6 Å². The minimum Gasteiger partial charge on any atom is -0.298 e. The number of benzene rings is 5. The number of aryl methyl sites for hydroxylation is 6. The monoisotopic (exact) mass is 722 g/mol. The number of rotatable bonds is 4. The van der Waals surface area contributed by atoms with E-state index in [9.17, 15) is 0 Å². The smallest absolute Gasteiger partial charge is 0.137 e. The molecule has 0 radical (unpaired) electrons. The maximum Gasteiger partial charge on any atom is 0.137 e. The first-order chi connectivity index (χ1) is 27.4. The van der Waals surface area contributed by atoms with Crippen molar-refractivity contribution in [2.75, 3.05) is 0 Å². The van der Waals surface area contributed by atoms with Gasteiger partial charge in [-0.3, -0.25) is 9.13 Å². The number of hydrogen-bond donors (Lipinski definition) is 0. The molecule has 5 aromatic carbocycles. The van der Waals surface area contributed by atoms with E-state index >= 15 is 0 Å². The van der Waals surface area contributed by atoms with Crippen LogP contribution in [-0.4, -0.2) is 19.1 Å². The van der Waals surface area contributed by atoms with Crippen LogP contribution >= 0.6 is 0 Å². The molecule has 2 aliphatic carbocycles. The van der Waals surface area contributed by atoms with Crippen molar-refractivity contribution in [2.24, 2.45) is 0 Å². The Morgan fingerprint density at radius 1 is 0.429 bits per heavy atom. The summed E-state index contributed by atoms with van der Waals surface area (Å²) in [6, 6.07) is 43.3. The molecule has 0 spiro atoms. The summed E-state index contributed by atoms with van der Waals surface area (Å²) in [7, 11) is 0. The number of hydrogen-bond acceptors (Lipinski definition) is 2. The summed E-state index contributed by atoms with van der Waals surface area (Å²) in [5.74, 6) is 1.94. The average molecular weight is 723 g/mol. The average Bonchev–Trinajstić information content (AvgIpc) is 3.70. The highest BCUT2D eigenvalue weighted by molar-refractivity contribution is 6.12. The normalized spacial score (nSPS) is 13.5. The van der Waals surface area contributed by atoms with E-state index in [0.717, 1.165) is 37.3 Å². The molecule has 4 aromatic heterocycles. The lowest BCUT2D eigenvalue weighted by Gasteiger charge is -2.21. The van der Waals surface area contributed by atoms with Crippen molar-refractivity contribution in [1.82, 2.24) is 19.1 Å². The molecule has 4 nitrogen and oxygen atoms in total. The third kappa shape index (κ3) is 5.20. The molecule has 0 amide bonds. The number of pyridine rings is 2. The Labute approximate surface area is 327 Å². The molecule has 270 valence electrons. The van der Waals surface area contributed by atoms with E-state index in [4.69, 9.17) is 9.97 Å². The molecule has 4 heteroatoms. The zero-order valence-corrected chi connectivity index (χ0v) is 32.3. The van der Waals surface area contributed by atoms with Gasteiger partial charge >= 0.3 is 0 Å². The second kappa shape index (κ2) is 12.5. The second-order valence-electron chi connectivity index (χ2n) is 16.1. The van der Waals surface area contributed by atoms with Crippen LogP contribution < -0.4 is 0 Å². The van der Waals surface area contributed by atoms with Crippen molar-refractivity contribution in [3.8, 4) is 33.9 Å². The van der Waals surface area contributed by atoms with Crippen molar-refractivity contribution in [1.29, 1.82) is 0 Å². The van der Waals surface area contributed by atoms with Crippen LogP contribution in [0.15, 0.2) is 128 Å². The first kappa shape index (κ1) is 32.9. The lowest BCUT2D eigenvalue weighted by atomic mass is 9.83. The third-order valence-corrected chi connectivity index (χ3v) is 12.3. The minimum absolute atomic E-state index is 0.947. The van der Waals surface area contributed by atoms with Crippen LogP contribution in [0.3, 0.4) is 0 Å². The number of fused-ring (bicyclic) bond motifs is 9. The van der Waals surface area contributed by atoms with Gasteiger partial charge in [0.2, 0.25) is 0 Å². The Morgan fingerprint density at radius 3 is 1.62 bits per heavy atom. The lowest BCUT2D eigenvalue weighted by molar-refractivity contribution is 0.877. The standard InChI is InChI=1S/C52H42N4/c1-31-5-9-35(10-6-31)37-15-17-47-43(25-37)45-27-39-13-14-40-28-46-44-26-38(36-11-7-32(2)8-12-36)16-18-48(44)56(52-24-34(4)20-22-54-52)50(46)30-42(40)41(39)29-49(45)55(47)51-23-33(3)19-21-53-51/h5-12,15,17,19-30H,13-14,16,18H2,1-4H3. The highest BCUT2D eigenvalue weighted by Gasteiger charge is 2.27. The van der Waals surface area contributed by atoms with Crippen molar-refractivity contribution < 1.29 is 0 Å². The summed E-state index contributed by atoms with van der Waals surface area (Å²) in [5, 5.41) is 3.85. The van der Waals surface area contributed by atoms with Gasteiger partial charge in [-0.15, -0.1) is 0 Å². The van der Waals surface area contributed by atoms with Crippen LogP contribution in [0.5, 0.6) is 0 Å². The van der Waals surface area contributed by atoms with Gasteiger partial charge in [0.15, 0.2) is 0 Å². The summed E-state index contributed by atoms with van der Waals surface area (Å²) in [5.41, 5.74) is 21.9. The molecule has 56 heavy (non-hydrogen) atoms. The van der Waals surface area contributed by atoms with Crippen LogP contribution in [0.25, 0.3) is 78.2 Å². The SMILES string of the molecule is Cc1ccc(C2=Cc3c(n(-c4cc(C)ccn4)c4cc5c(cc34)CCc3cc4c6cc(-c7ccc(C)cc7)ccc6n(-c6cc(C)ccn6)c4cc3-5)CC2)cc1. The van der Waals surface area contributed by atoms with E-state index in [-0.39, 0.29) is 0 Å². The molecule has 11 rings (SSSR count). The fourth-order valence-electron chi connectivity index (χ4n) is 9.37. The predicted molar refractivity (Wildman–Crippen MR) is 233 cm³/mol. The van der Waals surface area contributed by atoms with E-state index in [0.29, 0.717) is 0 Å². The minimum atomic E-state index is 0.947. The Bertz CT molecular complexity index is 3100. The lowest BCUT2D eigenvalue weighted by Crippen LogP contribution is -2.07. The van der Waals surface area contributed by atoms with Crippen LogP contribution in [0, 0.1) is 27.7 Å². The molecular formula is C52H42N4. The van der Waals surface area contributed by atoms with Gasteiger partial charge in [-0.25, -0.2) is 9.97 Å². The molecule has 0 bridgehead atoms. The zero-order valence-electron chi connectivity index (χ0n) is 32.3. The largest absolute Gasteiger partial charge is 0.298 e. The molecule has 4 heterocycles. The van der Waals surface area contributed by atoms with Gasteiger partial charge in [-0.05, 0) is 176 Å². The maximum absolute atomic E-state index is 4.97. The van der Waals surface area contributed by atoms with Crippen LogP contribution in [0.2, 0.25) is 0 Å². The Kier molecular flexibility index (Phi) is 7.34. The fraction of sp³-hybridized carbons (Fsp3) is 0.154. The summed E-state index contributed by atoms with van der Waals surface area (Å²) < 4.78 is 4.83.